The van der Waals surface area contributed by atoms with Crippen molar-refractivity contribution in [3.05, 3.63) is 48.5 Å². The van der Waals surface area contributed by atoms with E-state index in [2.05, 4.69) is 15.3 Å². The molecule has 1 unspecified atom stereocenters. The van der Waals surface area contributed by atoms with Gasteiger partial charge < -0.3 is 48.1 Å². The molecule has 7 rings (SSSR count). The van der Waals surface area contributed by atoms with Crippen LogP contribution in [0.15, 0.2) is 48.5 Å². The Morgan fingerprint density at radius 2 is 1.06 bits per heavy atom. The highest BCUT2D eigenvalue weighted by Crippen LogP contribution is 2.36. The molecule has 0 radical (unpaired) electrons. The number of sulfonamides is 2. The lowest BCUT2D eigenvalue weighted by molar-refractivity contribution is -0.202. The number of rotatable bonds is 18. The number of hydrogen-bond acceptors (Lipinski definition) is 16. The van der Waals surface area contributed by atoms with Gasteiger partial charge in [0.1, 0.15) is 24.7 Å². The summed E-state index contributed by atoms with van der Waals surface area (Å²) >= 11 is 0. The quantitative estimate of drug-likeness (QED) is 0.161. The topological polar surface area (TPSA) is 221 Å². The van der Waals surface area contributed by atoms with Crippen LogP contribution in [0, 0.1) is 0 Å². The van der Waals surface area contributed by atoms with E-state index in [1.165, 1.54) is 8.61 Å². The van der Waals surface area contributed by atoms with Crippen molar-refractivity contribution in [1.29, 1.82) is 0 Å². The molecular weight excluding hydrogens is 891 g/mol. The number of amides is 1. The SMILES string of the molecule is COCCOc1ccc(N2CCN(S(=O)(=O)C3(C(=O)NOC4CCCCO4)CCOCC3)CC2)cc1.COCCOc1ccc(N2CCN(S(=O)(=O)C3(C(=O)O)CCOCC3)CC2)cc1. The molecule has 20 nitrogen and oxygen atoms in total. The second-order valence-electron chi connectivity index (χ2n) is 16.3. The van der Waals surface area contributed by atoms with E-state index in [-0.39, 0.29) is 78.3 Å². The predicted molar refractivity (Wildman–Crippen MR) is 239 cm³/mol. The highest BCUT2D eigenvalue weighted by Gasteiger charge is 2.56. The van der Waals surface area contributed by atoms with Crippen LogP contribution < -0.4 is 24.8 Å². The summed E-state index contributed by atoms with van der Waals surface area (Å²) in [5.74, 6) is -0.431. The second-order valence-corrected chi connectivity index (χ2v) is 20.8. The van der Waals surface area contributed by atoms with Gasteiger partial charge in [-0.2, -0.15) is 8.61 Å². The van der Waals surface area contributed by atoms with Crippen molar-refractivity contribution in [1.82, 2.24) is 14.1 Å². The number of nitrogens with zero attached hydrogens (tertiary/aromatic N) is 4. The molecule has 65 heavy (non-hydrogen) atoms. The van der Waals surface area contributed by atoms with Crippen LogP contribution >= 0.6 is 0 Å². The Morgan fingerprint density at radius 1 is 0.631 bits per heavy atom. The average molecular weight is 956 g/mol. The van der Waals surface area contributed by atoms with Gasteiger partial charge in [0.05, 0.1) is 13.2 Å². The van der Waals surface area contributed by atoms with Gasteiger partial charge in [0.15, 0.2) is 15.8 Å². The Kier molecular flexibility index (Phi) is 18.5. The van der Waals surface area contributed by atoms with Crippen LogP contribution in [-0.4, -0.2) is 184 Å². The third-order valence-electron chi connectivity index (χ3n) is 12.5. The number of methoxy groups -OCH3 is 2. The molecule has 5 aliphatic heterocycles. The number of carboxylic acids is 1. The Labute approximate surface area is 382 Å². The number of carbonyl (C=O) groups is 2. The molecule has 2 aromatic carbocycles. The summed E-state index contributed by atoms with van der Waals surface area (Å²) in [7, 11) is -4.69. The number of benzene rings is 2. The number of aliphatic carboxylic acids is 1. The molecule has 2 aromatic rings. The van der Waals surface area contributed by atoms with E-state index in [0.29, 0.717) is 65.6 Å². The smallest absolute Gasteiger partial charge is 0.326 e. The summed E-state index contributed by atoms with van der Waals surface area (Å²) in [5, 5.41) is 9.70. The molecule has 1 amide bonds. The maximum absolute atomic E-state index is 13.8. The number of hydrogen-bond donors (Lipinski definition) is 2. The van der Waals surface area contributed by atoms with Gasteiger partial charge in [-0.3, -0.25) is 9.59 Å². The van der Waals surface area contributed by atoms with Gasteiger partial charge in [-0.05, 0) is 61.4 Å². The van der Waals surface area contributed by atoms with Crippen molar-refractivity contribution in [2.75, 3.05) is 136 Å². The number of piperazine rings is 2. The first-order chi connectivity index (χ1) is 31.4. The molecular formula is C43H65N5O15S2. The number of carboxylic acid groups (broad SMARTS) is 1. The van der Waals surface area contributed by atoms with E-state index < -0.39 is 47.7 Å². The second kappa shape index (κ2) is 23.7. The van der Waals surface area contributed by atoms with Crippen LogP contribution in [0.5, 0.6) is 11.5 Å². The summed E-state index contributed by atoms with van der Waals surface area (Å²) in [6.07, 6.45) is 2.12. The highest BCUT2D eigenvalue weighted by molar-refractivity contribution is 7.91. The summed E-state index contributed by atoms with van der Waals surface area (Å²) < 4.78 is 90.6. The third-order valence-corrected chi connectivity index (χ3v) is 17.7. The lowest BCUT2D eigenvalue weighted by Gasteiger charge is -2.42. The van der Waals surface area contributed by atoms with Gasteiger partial charge in [-0.1, -0.05) is 0 Å². The number of hydroxylamine groups is 1. The summed E-state index contributed by atoms with van der Waals surface area (Å²) in [4.78, 5) is 34.8. The summed E-state index contributed by atoms with van der Waals surface area (Å²) in [6, 6.07) is 15.3. The zero-order valence-electron chi connectivity index (χ0n) is 37.4. The first-order valence-corrected chi connectivity index (χ1v) is 25.1. The fourth-order valence-corrected chi connectivity index (χ4v) is 12.6. The number of carbonyl (C=O) groups excluding carboxylic acids is 1. The largest absolute Gasteiger partial charge is 0.491 e. The molecule has 364 valence electrons. The van der Waals surface area contributed by atoms with Gasteiger partial charge in [0.2, 0.25) is 20.0 Å². The summed E-state index contributed by atoms with van der Waals surface area (Å²) in [6.45, 7) is 6.35. The van der Waals surface area contributed by atoms with Crippen LogP contribution in [0.1, 0.15) is 44.9 Å². The van der Waals surface area contributed by atoms with Gasteiger partial charge in [0.25, 0.3) is 5.91 Å². The van der Waals surface area contributed by atoms with Crippen LogP contribution in [0.4, 0.5) is 11.4 Å². The number of nitrogens with one attached hydrogen (secondary N) is 1. The fraction of sp³-hybridized carbons (Fsp3) is 0.674. The van der Waals surface area contributed by atoms with Crippen molar-refractivity contribution < 1.29 is 69.5 Å². The Balaban J connectivity index is 0.000000221. The third kappa shape index (κ3) is 12.2. The number of ether oxygens (including phenoxy) is 7. The Hall–Kier alpha value is -3.84. The first kappa shape index (κ1) is 50.6. The minimum Gasteiger partial charge on any atom is -0.491 e. The lowest BCUT2D eigenvalue weighted by atomic mass is 9.98. The average Bonchev–Trinajstić information content (AvgIpc) is 3.34. The lowest BCUT2D eigenvalue weighted by Crippen LogP contribution is -2.62. The normalized spacial score (nSPS) is 22.0. The zero-order chi connectivity index (χ0) is 46.3. The van der Waals surface area contributed by atoms with Crippen molar-refractivity contribution in [2.24, 2.45) is 0 Å². The fourth-order valence-electron chi connectivity index (χ4n) is 8.46. The van der Waals surface area contributed by atoms with E-state index in [1.807, 2.05) is 48.5 Å². The minimum absolute atomic E-state index is 0.0184. The van der Waals surface area contributed by atoms with E-state index >= 15 is 0 Å². The van der Waals surface area contributed by atoms with E-state index in [9.17, 15) is 31.5 Å². The molecule has 22 heteroatoms. The van der Waals surface area contributed by atoms with E-state index in [1.54, 1.807) is 14.2 Å². The zero-order valence-corrected chi connectivity index (χ0v) is 39.1. The molecule has 0 saturated carbocycles. The number of anilines is 2. The van der Waals surface area contributed by atoms with Crippen LogP contribution in [0.25, 0.3) is 0 Å². The monoisotopic (exact) mass is 955 g/mol. The van der Waals surface area contributed by atoms with Crippen molar-refractivity contribution in [3.8, 4) is 11.5 Å². The first-order valence-electron chi connectivity index (χ1n) is 22.3. The highest BCUT2D eigenvalue weighted by atomic mass is 32.2. The van der Waals surface area contributed by atoms with Crippen molar-refractivity contribution in [2.45, 2.75) is 60.7 Å². The molecule has 5 saturated heterocycles. The molecule has 5 fully saturated rings. The maximum atomic E-state index is 13.8. The van der Waals surface area contributed by atoms with Gasteiger partial charge in [-0.25, -0.2) is 27.2 Å². The molecule has 0 spiro atoms. The van der Waals surface area contributed by atoms with Gasteiger partial charge in [-0.15, -0.1) is 0 Å². The maximum Gasteiger partial charge on any atom is 0.326 e. The van der Waals surface area contributed by atoms with Crippen LogP contribution in [-0.2, 0) is 58.2 Å². The standard InChI is InChI=1S/C24H37N3O8S.C19H28N2O7S/c1-31-18-19-33-21-7-5-20(6-8-21)26-11-13-27(14-12-26)36(29,30)24(9-16-32-17-10-24)23(28)25-35-22-4-2-3-15-34-22;1-26-14-15-28-17-4-2-16(3-5-17)20-8-10-21(11-9-20)29(24,25)19(18(22)23)6-12-27-13-7-19/h5-8,22H,2-4,9-19H2,1H3,(H,25,28);2-5H,6-15H2,1H3,(H,22,23). The van der Waals surface area contributed by atoms with Crippen molar-refractivity contribution in [3.63, 3.8) is 0 Å². The van der Waals surface area contributed by atoms with E-state index in [0.717, 1.165) is 35.7 Å². The molecule has 5 heterocycles. The Morgan fingerprint density at radius 3 is 1.46 bits per heavy atom. The molecule has 2 N–H and O–H groups in total. The molecule has 0 aliphatic carbocycles. The van der Waals surface area contributed by atoms with Crippen LogP contribution in [0.2, 0.25) is 0 Å². The Bertz CT molecular complexity index is 2010. The van der Waals surface area contributed by atoms with Crippen molar-refractivity contribution >= 4 is 43.3 Å². The molecule has 0 bridgehead atoms. The van der Waals surface area contributed by atoms with Gasteiger partial charge >= 0.3 is 5.97 Å². The van der Waals surface area contributed by atoms with Crippen LogP contribution in [0.3, 0.4) is 0 Å². The summed E-state index contributed by atoms with van der Waals surface area (Å²) in [5.41, 5.74) is 4.37. The predicted octanol–water partition coefficient (Wildman–Crippen LogP) is 2.08. The molecule has 0 aromatic heterocycles. The van der Waals surface area contributed by atoms with E-state index in [4.69, 9.17) is 38.0 Å². The molecule has 5 aliphatic rings. The molecule has 1 atom stereocenters. The van der Waals surface area contributed by atoms with Gasteiger partial charge in [0, 0.05) is 143 Å². The minimum atomic E-state index is -3.98.